The van der Waals surface area contributed by atoms with Crippen molar-refractivity contribution in [2.24, 2.45) is 0 Å². The van der Waals surface area contributed by atoms with Gasteiger partial charge in [0.05, 0.1) is 0 Å². The lowest BCUT2D eigenvalue weighted by Crippen LogP contribution is -1.73. The summed E-state index contributed by atoms with van der Waals surface area (Å²) in [7, 11) is 0. The summed E-state index contributed by atoms with van der Waals surface area (Å²) in [6.07, 6.45) is 4.87. The minimum absolute atomic E-state index is 0.808. The summed E-state index contributed by atoms with van der Waals surface area (Å²) in [5.74, 6) is 2.57. The predicted octanol–water partition coefficient (Wildman–Crippen LogP) is 1.89. The van der Waals surface area contributed by atoms with E-state index in [9.17, 15) is 0 Å². The largest absolute Gasteiger partial charge is 0.462 e. The smallest absolute Gasteiger partial charge is 0.107 e. The monoisotopic (exact) mass is 176 g/mol. The van der Waals surface area contributed by atoms with Crippen LogP contribution in [0.15, 0.2) is 0 Å². The van der Waals surface area contributed by atoms with Gasteiger partial charge in [0.1, 0.15) is 6.11 Å². The molecule has 0 amide bonds. The van der Waals surface area contributed by atoms with Crippen molar-refractivity contribution in [2.45, 2.75) is 19.3 Å². The first-order chi connectivity index (χ1) is 3.91. The van der Waals surface area contributed by atoms with Gasteiger partial charge in [-0.25, -0.2) is 0 Å². The highest BCUT2D eigenvalue weighted by Gasteiger charge is 1.80. The Labute approximate surface area is 58.2 Å². The van der Waals surface area contributed by atoms with Crippen molar-refractivity contribution in [3.05, 3.63) is 0 Å². The van der Waals surface area contributed by atoms with Gasteiger partial charge in [0.15, 0.2) is 0 Å². The van der Waals surface area contributed by atoms with Gasteiger partial charge in [-0.1, -0.05) is 21.9 Å². The summed E-state index contributed by atoms with van der Waals surface area (Å²) >= 11 is 3.29. The highest BCUT2D eigenvalue weighted by atomic mass is 79.9. The van der Waals surface area contributed by atoms with Crippen LogP contribution in [0.5, 0.6) is 0 Å². The number of unbranched alkanes of at least 4 members (excludes halogenated alkanes) is 2. The maximum atomic E-state index is 7.99. The first-order valence-corrected chi connectivity index (χ1v) is 3.72. The Morgan fingerprint density at radius 3 is 2.62 bits per heavy atom. The molecule has 1 N–H and O–H groups in total. The van der Waals surface area contributed by atoms with E-state index in [2.05, 4.69) is 21.9 Å². The van der Waals surface area contributed by atoms with E-state index in [1.165, 1.54) is 0 Å². The van der Waals surface area contributed by atoms with Crippen molar-refractivity contribution in [1.29, 1.82) is 0 Å². The molecule has 0 saturated carbocycles. The van der Waals surface area contributed by atoms with Gasteiger partial charge in [-0.2, -0.15) is 0 Å². The highest BCUT2D eigenvalue weighted by molar-refractivity contribution is 9.09. The second-order valence-corrected chi connectivity index (χ2v) is 2.23. The first-order valence-electron chi connectivity index (χ1n) is 2.59. The topological polar surface area (TPSA) is 20.2 Å². The standard InChI is InChI=1S/C6H9BrO/c7-5-3-1-2-4-6-8/h8H,1-3,5H2. The Hall–Kier alpha value is -0.160. The van der Waals surface area contributed by atoms with E-state index < -0.39 is 0 Å². The zero-order chi connectivity index (χ0) is 6.24. The first kappa shape index (κ1) is 7.84. The molecule has 0 rings (SSSR count). The molecule has 0 fully saturated rings. The Morgan fingerprint density at radius 2 is 2.12 bits per heavy atom. The fourth-order valence-electron chi connectivity index (χ4n) is 0.364. The quantitative estimate of drug-likeness (QED) is 0.396. The van der Waals surface area contributed by atoms with E-state index in [0.29, 0.717) is 0 Å². The summed E-state index contributed by atoms with van der Waals surface area (Å²) in [6, 6.07) is 0. The molecule has 0 saturated heterocycles. The fourth-order valence-corrected chi connectivity index (χ4v) is 0.760. The van der Waals surface area contributed by atoms with Gasteiger partial charge in [-0.3, -0.25) is 0 Å². The Bertz CT molecular complexity index is 90.4. The summed E-state index contributed by atoms with van der Waals surface area (Å²) in [6.45, 7) is 0. The van der Waals surface area contributed by atoms with Crippen molar-refractivity contribution < 1.29 is 5.11 Å². The van der Waals surface area contributed by atoms with Gasteiger partial charge in [-0.05, 0) is 12.8 Å². The summed E-state index contributed by atoms with van der Waals surface area (Å²) in [5, 5.41) is 9.02. The van der Waals surface area contributed by atoms with Crippen LogP contribution < -0.4 is 0 Å². The molecule has 0 aromatic carbocycles. The van der Waals surface area contributed by atoms with Gasteiger partial charge < -0.3 is 5.11 Å². The molecule has 0 aliphatic rings. The Morgan fingerprint density at radius 1 is 1.38 bits per heavy atom. The molecular formula is C6H9BrO. The van der Waals surface area contributed by atoms with Crippen LogP contribution >= 0.6 is 15.9 Å². The fraction of sp³-hybridized carbons (Fsp3) is 0.667. The number of halogens is 1. The Balaban J connectivity index is 2.79. The maximum Gasteiger partial charge on any atom is 0.107 e. The number of hydrogen-bond donors (Lipinski definition) is 1. The number of hydrogen-bond acceptors (Lipinski definition) is 1. The molecule has 1 nitrogen and oxygen atoms in total. The molecule has 0 aliphatic heterocycles. The molecule has 0 radical (unpaired) electrons. The molecule has 0 atom stereocenters. The Kier molecular flexibility index (Phi) is 6.70. The molecule has 0 aromatic heterocycles. The zero-order valence-corrected chi connectivity index (χ0v) is 6.24. The lowest BCUT2D eigenvalue weighted by Gasteiger charge is -1.85. The molecule has 0 unspecified atom stereocenters. The molecule has 0 bridgehead atoms. The van der Waals surface area contributed by atoms with E-state index >= 15 is 0 Å². The third kappa shape index (κ3) is 5.84. The number of rotatable bonds is 3. The van der Waals surface area contributed by atoms with Crippen LogP contribution in [0.25, 0.3) is 0 Å². The maximum absolute atomic E-state index is 7.99. The summed E-state index contributed by atoms with van der Waals surface area (Å²) in [4.78, 5) is 0. The number of alkyl halides is 1. The minimum atomic E-state index is 0.808. The normalized spacial score (nSPS) is 7.62. The molecule has 2 heteroatoms. The van der Waals surface area contributed by atoms with Crippen molar-refractivity contribution in [3.8, 4) is 12.0 Å². The summed E-state index contributed by atoms with van der Waals surface area (Å²) in [5.41, 5.74) is 0. The average molecular weight is 177 g/mol. The number of aliphatic hydroxyl groups is 1. The van der Waals surface area contributed by atoms with Crippen LogP contribution in [0.1, 0.15) is 19.3 Å². The van der Waals surface area contributed by atoms with Crippen LogP contribution in [0.4, 0.5) is 0 Å². The molecule has 46 valence electrons. The van der Waals surface area contributed by atoms with E-state index in [-0.39, 0.29) is 0 Å². The molecular weight excluding hydrogens is 168 g/mol. The molecule has 0 spiro atoms. The van der Waals surface area contributed by atoms with Gasteiger partial charge in [0.25, 0.3) is 0 Å². The van der Waals surface area contributed by atoms with Crippen molar-refractivity contribution >= 4 is 15.9 Å². The van der Waals surface area contributed by atoms with Crippen LogP contribution in [0, 0.1) is 12.0 Å². The third-order valence-corrected chi connectivity index (χ3v) is 1.33. The van der Waals surface area contributed by atoms with E-state index in [4.69, 9.17) is 5.11 Å². The highest BCUT2D eigenvalue weighted by Crippen LogP contribution is 1.95. The SMILES string of the molecule is OC#CCCCCBr. The summed E-state index contributed by atoms with van der Waals surface area (Å²) < 4.78 is 0. The van der Waals surface area contributed by atoms with E-state index in [0.717, 1.165) is 24.6 Å². The van der Waals surface area contributed by atoms with E-state index in [1.807, 2.05) is 6.11 Å². The van der Waals surface area contributed by atoms with Gasteiger partial charge in [0, 0.05) is 11.8 Å². The molecule has 0 heterocycles. The lowest BCUT2D eigenvalue weighted by molar-refractivity contribution is 0.515. The van der Waals surface area contributed by atoms with Gasteiger partial charge >= 0.3 is 0 Å². The van der Waals surface area contributed by atoms with Gasteiger partial charge in [0.2, 0.25) is 0 Å². The number of aliphatic hydroxyl groups excluding tert-OH is 1. The zero-order valence-electron chi connectivity index (χ0n) is 4.65. The van der Waals surface area contributed by atoms with E-state index in [1.54, 1.807) is 0 Å². The average Bonchev–Trinajstić information content (AvgIpc) is 1.81. The lowest BCUT2D eigenvalue weighted by atomic mass is 10.3. The third-order valence-electron chi connectivity index (χ3n) is 0.764. The van der Waals surface area contributed by atoms with Crippen LogP contribution in [-0.4, -0.2) is 10.4 Å². The minimum Gasteiger partial charge on any atom is -0.462 e. The van der Waals surface area contributed by atoms with Crippen LogP contribution in [0.3, 0.4) is 0 Å². The van der Waals surface area contributed by atoms with Crippen LogP contribution in [-0.2, 0) is 0 Å². The van der Waals surface area contributed by atoms with Crippen molar-refractivity contribution in [2.75, 3.05) is 5.33 Å². The van der Waals surface area contributed by atoms with Gasteiger partial charge in [-0.15, -0.1) is 0 Å². The second-order valence-electron chi connectivity index (χ2n) is 1.43. The van der Waals surface area contributed by atoms with Crippen molar-refractivity contribution in [3.63, 3.8) is 0 Å². The molecule has 8 heavy (non-hydrogen) atoms. The van der Waals surface area contributed by atoms with Crippen molar-refractivity contribution in [1.82, 2.24) is 0 Å². The predicted molar refractivity (Wildman–Crippen MR) is 37.4 cm³/mol. The molecule has 0 aromatic rings. The molecule has 0 aliphatic carbocycles. The van der Waals surface area contributed by atoms with Crippen LogP contribution in [0.2, 0.25) is 0 Å². The second kappa shape index (κ2) is 6.84.